The summed E-state index contributed by atoms with van der Waals surface area (Å²) in [5.41, 5.74) is 6.11. The van der Waals surface area contributed by atoms with Gasteiger partial charge in [0, 0.05) is 12.1 Å². The average molecular weight is 331 g/mol. The summed E-state index contributed by atoms with van der Waals surface area (Å²) in [5.74, 6) is 1.43. The Balaban J connectivity index is 0.00000441. The zero-order chi connectivity index (χ0) is 16.0. The molecule has 0 fully saturated rings. The van der Waals surface area contributed by atoms with Gasteiger partial charge in [-0.2, -0.15) is 0 Å². The van der Waals surface area contributed by atoms with Crippen LogP contribution in [0, 0.1) is 5.92 Å². The van der Waals surface area contributed by atoms with Crippen LogP contribution in [0.25, 0.3) is 0 Å². The van der Waals surface area contributed by atoms with Crippen LogP contribution in [0.4, 0.5) is 0 Å². The van der Waals surface area contributed by atoms with E-state index >= 15 is 0 Å². The number of benzene rings is 1. The highest BCUT2D eigenvalue weighted by atomic mass is 35.5. The normalized spacial score (nSPS) is 13.0. The molecule has 5 nitrogen and oxygen atoms in total. The number of rotatable bonds is 7. The van der Waals surface area contributed by atoms with E-state index < -0.39 is 5.54 Å². The van der Waals surface area contributed by atoms with Crippen molar-refractivity contribution in [3.8, 4) is 11.5 Å². The Morgan fingerprint density at radius 2 is 1.77 bits per heavy atom. The van der Waals surface area contributed by atoms with Crippen molar-refractivity contribution in [3.63, 3.8) is 0 Å². The number of carbonyl (C=O) groups is 1. The molecule has 0 aliphatic heterocycles. The third kappa shape index (κ3) is 4.78. The van der Waals surface area contributed by atoms with E-state index in [9.17, 15) is 4.79 Å². The molecule has 0 radical (unpaired) electrons. The lowest BCUT2D eigenvalue weighted by Crippen LogP contribution is -2.55. The van der Waals surface area contributed by atoms with Gasteiger partial charge in [-0.15, -0.1) is 12.4 Å². The fourth-order valence-corrected chi connectivity index (χ4v) is 2.06. The fraction of sp³-hybridized carbons (Fsp3) is 0.562. The number of hydrogen-bond donors (Lipinski definition) is 2. The van der Waals surface area contributed by atoms with E-state index in [0.29, 0.717) is 18.0 Å². The molecule has 22 heavy (non-hydrogen) atoms. The molecule has 126 valence electrons. The van der Waals surface area contributed by atoms with Gasteiger partial charge in [-0.1, -0.05) is 19.9 Å². The first kappa shape index (κ1) is 20.5. The largest absolute Gasteiger partial charge is 0.496 e. The molecule has 1 aromatic rings. The van der Waals surface area contributed by atoms with Crippen molar-refractivity contribution >= 4 is 18.3 Å². The smallest absolute Gasteiger partial charge is 0.225 e. The molecule has 1 aromatic carbocycles. The van der Waals surface area contributed by atoms with Crippen molar-refractivity contribution < 1.29 is 14.3 Å². The number of methoxy groups -OCH3 is 2. The van der Waals surface area contributed by atoms with Crippen molar-refractivity contribution in [2.24, 2.45) is 11.7 Å². The minimum Gasteiger partial charge on any atom is -0.496 e. The molecule has 0 heterocycles. The summed E-state index contributed by atoms with van der Waals surface area (Å²) in [6.45, 7) is 6.42. The molecule has 0 aromatic heterocycles. The Bertz CT molecular complexity index is 472. The number of ether oxygens (including phenoxy) is 2. The Labute approximate surface area is 139 Å². The highest BCUT2D eigenvalue weighted by Crippen LogP contribution is 2.29. The lowest BCUT2D eigenvalue weighted by molar-refractivity contribution is -0.122. The molecule has 0 spiro atoms. The number of carbonyl (C=O) groups excluding carboxylic acids is 1. The number of nitrogens with one attached hydrogen (secondary N) is 1. The Kier molecular flexibility index (Phi) is 8.27. The monoisotopic (exact) mass is 330 g/mol. The second kappa shape index (κ2) is 8.86. The maximum Gasteiger partial charge on any atom is 0.225 e. The Hall–Kier alpha value is -1.46. The van der Waals surface area contributed by atoms with Gasteiger partial charge in [-0.05, 0) is 25.0 Å². The van der Waals surface area contributed by atoms with Crippen LogP contribution in [0.1, 0.15) is 26.3 Å². The summed E-state index contributed by atoms with van der Waals surface area (Å²) in [6.07, 6.45) is 0.190. The fourth-order valence-electron chi connectivity index (χ4n) is 2.06. The van der Waals surface area contributed by atoms with Crippen LogP contribution in [-0.2, 0) is 11.2 Å². The summed E-state index contributed by atoms with van der Waals surface area (Å²) in [6, 6.07) is 5.46. The van der Waals surface area contributed by atoms with Gasteiger partial charge < -0.3 is 20.5 Å². The van der Waals surface area contributed by atoms with Gasteiger partial charge >= 0.3 is 0 Å². The first-order chi connectivity index (χ1) is 9.87. The van der Waals surface area contributed by atoms with Gasteiger partial charge in [0.15, 0.2) is 0 Å². The maximum absolute atomic E-state index is 12.3. The van der Waals surface area contributed by atoms with Crippen molar-refractivity contribution in [3.05, 3.63) is 23.8 Å². The summed E-state index contributed by atoms with van der Waals surface area (Å²) >= 11 is 0. The summed E-state index contributed by atoms with van der Waals surface area (Å²) < 4.78 is 10.6. The highest BCUT2D eigenvalue weighted by Gasteiger charge is 2.29. The first-order valence-electron chi connectivity index (χ1n) is 7.09. The third-order valence-corrected chi connectivity index (χ3v) is 3.99. The van der Waals surface area contributed by atoms with Gasteiger partial charge in [0.1, 0.15) is 11.5 Å². The van der Waals surface area contributed by atoms with Crippen molar-refractivity contribution in [1.82, 2.24) is 5.32 Å². The molecule has 1 atom stereocenters. The van der Waals surface area contributed by atoms with Crippen LogP contribution in [-0.4, -0.2) is 32.2 Å². The van der Waals surface area contributed by atoms with E-state index in [1.165, 1.54) is 0 Å². The summed E-state index contributed by atoms with van der Waals surface area (Å²) in [4.78, 5) is 12.3. The minimum absolute atomic E-state index is 0. The number of hydrogen-bond acceptors (Lipinski definition) is 4. The van der Waals surface area contributed by atoms with Gasteiger partial charge in [-0.25, -0.2) is 0 Å². The second-order valence-electron chi connectivity index (χ2n) is 5.64. The van der Waals surface area contributed by atoms with Crippen LogP contribution in [0.3, 0.4) is 0 Å². The quantitative estimate of drug-likeness (QED) is 0.803. The lowest BCUT2D eigenvalue weighted by Gasteiger charge is -2.33. The minimum atomic E-state index is -0.424. The molecule has 1 unspecified atom stereocenters. The molecular weight excluding hydrogens is 304 g/mol. The van der Waals surface area contributed by atoms with E-state index in [0.717, 1.165) is 5.56 Å². The first-order valence-corrected chi connectivity index (χ1v) is 7.09. The standard InChI is InChI=1S/C16H26N2O3.ClH/c1-11(2)16(3,10-17)18-15(19)9-12-13(20-4)7-6-8-14(12)21-5;/h6-8,11H,9-10,17H2,1-5H3,(H,18,19);1H. The topological polar surface area (TPSA) is 73.6 Å². The van der Waals surface area contributed by atoms with Gasteiger partial charge in [0.25, 0.3) is 0 Å². The number of amides is 1. The second-order valence-corrected chi connectivity index (χ2v) is 5.64. The van der Waals surface area contributed by atoms with Gasteiger partial charge in [-0.3, -0.25) is 4.79 Å². The van der Waals surface area contributed by atoms with Crippen LogP contribution in [0.2, 0.25) is 0 Å². The molecular formula is C16H27ClN2O3. The van der Waals surface area contributed by atoms with E-state index in [-0.39, 0.29) is 30.7 Å². The van der Waals surface area contributed by atoms with E-state index in [2.05, 4.69) is 5.32 Å². The Morgan fingerprint density at radius 3 is 2.14 bits per heavy atom. The average Bonchev–Trinajstić information content (AvgIpc) is 2.46. The van der Waals surface area contributed by atoms with E-state index in [4.69, 9.17) is 15.2 Å². The van der Waals surface area contributed by atoms with Gasteiger partial charge in [0.2, 0.25) is 5.91 Å². The van der Waals surface area contributed by atoms with Gasteiger partial charge in [0.05, 0.1) is 26.2 Å². The van der Waals surface area contributed by atoms with Crippen LogP contribution >= 0.6 is 12.4 Å². The molecule has 0 aliphatic carbocycles. The molecule has 0 bridgehead atoms. The number of nitrogens with two attached hydrogens (primary N) is 1. The zero-order valence-electron chi connectivity index (χ0n) is 13.9. The molecule has 0 saturated heterocycles. The van der Waals surface area contributed by atoms with E-state index in [1.807, 2.05) is 39.0 Å². The molecule has 0 aliphatic rings. The third-order valence-electron chi connectivity index (χ3n) is 3.99. The molecule has 0 saturated carbocycles. The summed E-state index contributed by atoms with van der Waals surface area (Å²) in [5, 5.41) is 3.02. The van der Waals surface area contributed by atoms with Crippen molar-refractivity contribution in [1.29, 1.82) is 0 Å². The maximum atomic E-state index is 12.3. The van der Waals surface area contributed by atoms with Crippen LogP contribution in [0.15, 0.2) is 18.2 Å². The van der Waals surface area contributed by atoms with Crippen molar-refractivity contribution in [2.45, 2.75) is 32.7 Å². The zero-order valence-corrected chi connectivity index (χ0v) is 14.8. The van der Waals surface area contributed by atoms with E-state index in [1.54, 1.807) is 14.2 Å². The van der Waals surface area contributed by atoms with Crippen LogP contribution in [0.5, 0.6) is 11.5 Å². The lowest BCUT2D eigenvalue weighted by atomic mass is 9.88. The predicted molar refractivity (Wildman–Crippen MR) is 90.9 cm³/mol. The molecule has 1 rings (SSSR count). The summed E-state index contributed by atoms with van der Waals surface area (Å²) in [7, 11) is 3.16. The number of halogens is 1. The SMILES string of the molecule is COc1cccc(OC)c1CC(=O)NC(C)(CN)C(C)C.Cl. The highest BCUT2D eigenvalue weighted by molar-refractivity contribution is 5.85. The molecule has 1 amide bonds. The molecule has 3 N–H and O–H groups in total. The van der Waals surface area contributed by atoms with Crippen LogP contribution < -0.4 is 20.5 Å². The van der Waals surface area contributed by atoms with Crippen molar-refractivity contribution in [2.75, 3.05) is 20.8 Å². The Morgan fingerprint density at radius 1 is 1.27 bits per heavy atom. The molecule has 6 heteroatoms. The predicted octanol–water partition coefficient (Wildman–Crippen LogP) is 2.16.